The number of carbonyl (C=O) groups excluding carboxylic acids is 1. The third-order valence-corrected chi connectivity index (χ3v) is 4.89. The van der Waals surface area contributed by atoms with Crippen molar-refractivity contribution in [1.29, 1.82) is 0 Å². The number of ether oxygens (including phenoxy) is 1. The van der Waals surface area contributed by atoms with E-state index >= 15 is 0 Å². The standard InChI is InChI=1S/C22H25F2N3O2/c1-29-21-8-2-17(16-20(21)24)3-9-22(28)25-10-11-26-12-14-27(15-13-26)19-6-4-18(23)5-7-19/h2-9,16H,10-15H2,1H3,(H,25,28)/b9-3+. The van der Waals surface area contributed by atoms with Gasteiger partial charge in [0, 0.05) is 51.0 Å². The lowest BCUT2D eigenvalue weighted by molar-refractivity contribution is -0.116. The maximum atomic E-state index is 13.7. The summed E-state index contributed by atoms with van der Waals surface area (Å²) in [5.74, 6) is -0.735. The second-order valence-corrected chi connectivity index (χ2v) is 6.82. The fourth-order valence-electron chi connectivity index (χ4n) is 3.24. The number of methoxy groups -OCH3 is 1. The number of carbonyl (C=O) groups is 1. The van der Waals surface area contributed by atoms with Gasteiger partial charge in [-0.15, -0.1) is 0 Å². The first-order valence-corrected chi connectivity index (χ1v) is 9.57. The van der Waals surface area contributed by atoms with E-state index in [-0.39, 0.29) is 17.5 Å². The van der Waals surface area contributed by atoms with Crippen molar-refractivity contribution in [2.24, 2.45) is 0 Å². The first-order valence-electron chi connectivity index (χ1n) is 9.57. The molecule has 7 heteroatoms. The van der Waals surface area contributed by atoms with Crippen molar-refractivity contribution in [2.75, 3.05) is 51.3 Å². The largest absolute Gasteiger partial charge is 0.494 e. The smallest absolute Gasteiger partial charge is 0.244 e. The zero-order valence-electron chi connectivity index (χ0n) is 16.4. The van der Waals surface area contributed by atoms with Crippen LogP contribution in [0, 0.1) is 11.6 Å². The van der Waals surface area contributed by atoms with E-state index in [1.54, 1.807) is 24.3 Å². The molecule has 1 fully saturated rings. The number of nitrogens with zero attached hydrogens (tertiary/aromatic N) is 2. The Morgan fingerprint density at radius 3 is 2.48 bits per heavy atom. The molecule has 1 aliphatic heterocycles. The molecule has 1 heterocycles. The predicted octanol–water partition coefficient (Wildman–Crippen LogP) is 2.93. The van der Waals surface area contributed by atoms with Crippen molar-refractivity contribution in [3.05, 3.63) is 65.7 Å². The zero-order valence-corrected chi connectivity index (χ0v) is 16.4. The van der Waals surface area contributed by atoms with Gasteiger partial charge in [0.2, 0.25) is 5.91 Å². The molecule has 2 aromatic rings. The summed E-state index contributed by atoms with van der Waals surface area (Å²) >= 11 is 0. The first kappa shape index (κ1) is 20.8. The van der Waals surface area contributed by atoms with Gasteiger partial charge < -0.3 is 15.0 Å². The van der Waals surface area contributed by atoms with Crippen molar-refractivity contribution in [1.82, 2.24) is 10.2 Å². The van der Waals surface area contributed by atoms with Gasteiger partial charge in [0.1, 0.15) is 5.82 Å². The van der Waals surface area contributed by atoms with E-state index < -0.39 is 5.82 Å². The lowest BCUT2D eigenvalue weighted by atomic mass is 10.2. The van der Waals surface area contributed by atoms with Gasteiger partial charge in [-0.3, -0.25) is 9.69 Å². The Morgan fingerprint density at radius 2 is 1.83 bits per heavy atom. The Labute approximate surface area is 169 Å². The van der Waals surface area contributed by atoms with Crippen LogP contribution in [0.2, 0.25) is 0 Å². The molecule has 154 valence electrons. The van der Waals surface area contributed by atoms with Crippen LogP contribution in [0.5, 0.6) is 5.75 Å². The molecule has 0 bridgehead atoms. The molecule has 0 unspecified atom stereocenters. The maximum absolute atomic E-state index is 13.7. The fourth-order valence-corrected chi connectivity index (χ4v) is 3.24. The Hall–Kier alpha value is -2.93. The summed E-state index contributed by atoms with van der Waals surface area (Å²) in [6, 6.07) is 11.1. The predicted molar refractivity (Wildman–Crippen MR) is 110 cm³/mol. The van der Waals surface area contributed by atoms with Crippen molar-refractivity contribution in [3.63, 3.8) is 0 Å². The Bertz CT molecular complexity index is 848. The molecule has 1 aliphatic rings. The minimum Gasteiger partial charge on any atom is -0.494 e. The topological polar surface area (TPSA) is 44.8 Å². The van der Waals surface area contributed by atoms with Gasteiger partial charge in [-0.2, -0.15) is 0 Å². The van der Waals surface area contributed by atoms with Gasteiger partial charge in [-0.25, -0.2) is 8.78 Å². The van der Waals surface area contributed by atoms with Gasteiger partial charge in [0.15, 0.2) is 11.6 Å². The van der Waals surface area contributed by atoms with Crippen LogP contribution < -0.4 is 15.0 Å². The molecule has 0 aliphatic carbocycles. The molecular weight excluding hydrogens is 376 g/mol. The van der Waals surface area contributed by atoms with Crippen LogP contribution in [0.15, 0.2) is 48.5 Å². The Morgan fingerprint density at radius 1 is 1.10 bits per heavy atom. The number of halogens is 2. The number of nitrogens with one attached hydrogen (secondary N) is 1. The van der Waals surface area contributed by atoms with Crippen molar-refractivity contribution in [2.45, 2.75) is 0 Å². The van der Waals surface area contributed by atoms with Crippen molar-refractivity contribution >= 4 is 17.7 Å². The minimum absolute atomic E-state index is 0.172. The molecule has 1 saturated heterocycles. The number of piperazine rings is 1. The number of hydrogen-bond acceptors (Lipinski definition) is 4. The lowest BCUT2D eigenvalue weighted by Gasteiger charge is -2.36. The summed E-state index contributed by atoms with van der Waals surface area (Å²) in [5, 5.41) is 2.85. The highest BCUT2D eigenvalue weighted by molar-refractivity contribution is 5.91. The molecule has 3 rings (SSSR count). The molecule has 5 nitrogen and oxygen atoms in total. The minimum atomic E-state index is -0.463. The molecular formula is C22H25F2N3O2. The molecule has 1 N–H and O–H groups in total. The van der Waals surface area contributed by atoms with Gasteiger partial charge in [-0.05, 0) is 48.0 Å². The number of benzene rings is 2. The molecule has 1 amide bonds. The number of amides is 1. The molecule has 0 spiro atoms. The molecule has 0 radical (unpaired) electrons. The van der Waals surface area contributed by atoms with Gasteiger partial charge in [0.25, 0.3) is 0 Å². The molecule has 2 aromatic carbocycles. The van der Waals surface area contributed by atoms with E-state index in [1.807, 2.05) is 0 Å². The zero-order chi connectivity index (χ0) is 20.6. The van der Waals surface area contributed by atoms with Crippen molar-refractivity contribution < 1.29 is 18.3 Å². The van der Waals surface area contributed by atoms with Crippen LogP contribution in [-0.4, -0.2) is 57.2 Å². The summed E-state index contributed by atoms with van der Waals surface area (Å²) in [7, 11) is 1.41. The van der Waals surface area contributed by atoms with E-state index in [4.69, 9.17) is 4.74 Å². The van der Waals surface area contributed by atoms with Crippen LogP contribution >= 0.6 is 0 Å². The summed E-state index contributed by atoms with van der Waals surface area (Å²) in [5.41, 5.74) is 1.62. The summed E-state index contributed by atoms with van der Waals surface area (Å²) in [6.45, 7) is 4.79. The van der Waals surface area contributed by atoms with E-state index in [9.17, 15) is 13.6 Å². The van der Waals surface area contributed by atoms with E-state index in [1.165, 1.54) is 37.5 Å². The molecule has 0 aromatic heterocycles. The normalized spacial score (nSPS) is 14.9. The Kier molecular flexibility index (Phi) is 7.19. The van der Waals surface area contributed by atoms with Crippen LogP contribution in [0.25, 0.3) is 6.08 Å². The molecule has 29 heavy (non-hydrogen) atoms. The van der Waals surface area contributed by atoms with Gasteiger partial charge in [-0.1, -0.05) is 6.07 Å². The molecule has 0 atom stereocenters. The highest BCUT2D eigenvalue weighted by atomic mass is 19.1. The second-order valence-electron chi connectivity index (χ2n) is 6.82. The second kappa shape index (κ2) is 10.0. The monoisotopic (exact) mass is 401 g/mol. The first-order chi connectivity index (χ1) is 14.0. The summed E-state index contributed by atoms with van der Waals surface area (Å²) in [4.78, 5) is 16.5. The third-order valence-electron chi connectivity index (χ3n) is 4.89. The van der Waals surface area contributed by atoms with Crippen molar-refractivity contribution in [3.8, 4) is 5.75 Å². The average Bonchev–Trinajstić information content (AvgIpc) is 2.73. The average molecular weight is 401 g/mol. The van der Waals surface area contributed by atoms with Crippen LogP contribution in [0.1, 0.15) is 5.56 Å². The van der Waals surface area contributed by atoms with Gasteiger partial charge in [0.05, 0.1) is 7.11 Å². The fraction of sp³-hybridized carbons (Fsp3) is 0.318. The number of rotatable bonds is 7. The highest BCUT2D eigenvalue weighted by Gasteiger charge is 2.16. The number of hydrogen-bond donors (Lipinski definition) is 1. The SMILES string of the molecule is COc1ccc(/C=C/C(=O)NCCN2CCN(c3ccc(F)cc3)CC2)cc1F. The van der Waals surface area contributed by atoms with Crippen LogP contribution in [-0.2, 0) is 4.79 Å². The summed E-state index contributed by atoms with van der Waals surface area (Å²) < 4.78 is 31.6. The highest BCUT2D eigenvalue weighted by Crippen LogP contribution is 2.18. The lowest BCUT2D eigenvalue weighted by Crippen LogP contribution is -2.48. The summed E-state index contributed by atoms with van der Waals surface area (Å²) in [6.07, 6.45) is 2.97. The quantitative estimate of drug-likeness (QED) is 0.725. The maximum Gasteiger partial charge on any atom is 0.244 e. The van der Waals surface area contributed by atoms with E-state index in [0.29, 0.717) is 12.1 Å². The Balaban J connectivity index is 1.37. The third kappa shape index (κ3) is 6.02. The van der Waals surface area contributed by atoms with Crippen LogP contribution in [0.4, 0.5) is 14.5 Å². The van der Waals surface area contributed by atoms with E-state index in [2.05, 4.69) is 15.1 Å². The van der Waals surface area contributed by atoms with E-state index in [0.717, 1.165) is 38.4 Å². The van der Waals surface area contributed by atoms with Gasteiger partial charge >= 0.3 is 0 Å². The van der Waals surface area contributed by atoms with Crippen LogP contribution in [0.3, 0.4) is 0 Å². The number of anilines is 1. The molecule has 0 saturated carbocycles.